The van der Waals surface area contributed by atoms with Crippen LogP contribution in [0, 0.1) is 11.8 Å². The lowest BCUT2D eigenvalue weighted by Crippen LogP contribution is -2.30. The van der Waals surface area contributed by atoms with Crippen molar-refractivity contribution in [1.82, 2.24) is 9.55 Å². The number of carbonyl (C=O) groups is 4. The summed E-state index contributed by atoms with van der Waals surface area (Å²) in [5, 5.41) is 0. The van der Waals surface area contributed by atoms with E-state index >= 15 is 0 Å². The van der Waals surface area contributed by atoms with Crippen molar-refractivity contribution in [1.29, 1.82) is 0 Å². The van der Waals surface area contributed by atoms with Gasteiger partial charge < -0.3 is 14.2 Å². The summed E-state index contributed by atoms with van der Waals surface area (Å²) in [4.78, 5) is 55.1. The van der Waals surface area contributed by atoms with E-state index in [1.807, 2.05) is 0 Å². The number of nitrogens with zero attached hydrogens (tertiary/aromatic N) is 2. The van der Waals surface area contributed by atoms with E-state index in [4.69, 9.17) is 14.2 Å². The Labute approximate surface area is 235 Å². The Morgan fingerprint density at radius 2 is 1.49 bits per heavy atom. The Kier molecular flexibility index (Phi) is 18.0. The first-order valence-corrected chi connectivity index (χ1v) is 14.1. The maximum absolute atomic E-state index is 13.1. The molecule has 0 aliphatic carbocycles. The van der Waals surface area contributed by atoms with Crippen LogP contribution in [0.1, 0.15) is 119 Å². The summed E-state index contributed by atoms with van der Waals surface area (Å²) in [6.07, 6.45) is 9.96. The molecule has 39 heavy (non-hydrogen) atoms. The van der Waals surface area contributed by atoms with Crippen LogP contribution in [0.15, 0.2) is 12.4 Å². The number of ether oxygens (including phenoxy) is 3. The van der Waals surface area contributed by atoms with Gasteiger partial charge in [0.2, 0.25) is 0 Å². The van der Waals surface area contributed by atoms with Crippen LogP contribution >= 0.6 is 0 Å². The fraction of sp³-hybridized carbons (Fsp3) is 0.767. The van der Waals surface area contributed by atoms with Crippen molar-refractivity contribution in [2.45, 2.75) is 125 Å². The van der Waals surface area contributed by atoms with Gasteiger partial charge in [0.05, 0.1) is 25.6 Å². The fourth-order valence-electron chi connectivity index (χ4n) is 3.83. The minimum absolute atomic E-state index is 0. The molecule has 0 amide bonds. The van der Waals surface area contributed by atoms with Crippen LogP contribution in [-0.4, -0.2) is 52.2 Å². The van der Waals surface area contributed by atoms with Crippen LogP contribution in [0.5, 0.6) is 0 Å². The second-order valence-corrected chi connectivity index (χ2v) is 10.9. The lowest BCUT2D eigenvalue weighted by atomic mass is 9.91. The van der Waals surface area contributed by atoms with Crippen LogP contribution in [0.3, 0.4) is 0 Å². The summed E-state index contributed by atoms with van der Waals surface area (Å²) in [7, 11) is 0. The molecule has 1 rings (SSSR count). The molecule has 0 spiro atoms. The second kappa shape index (κ2) is 19.4. The zero-order valence-electron chi connectivity index (χ0n) is 24.3. The Morgan fingerprint density at radius 1 is 0.897 bits per heavy atom. The Morgan fingerprint density at radius 3 is 2.05 bits per heavy atom. The lowest BCUT2D eigenvalue weighted by molar-refractivity contribution is -0.156. The van der Waals surface area contributed by atoms with E-state index in [0.29, 0.717) is 12.4 Å². The van der Waals surface area contributed by atoms with E-state index < -0.39 is 35.5 Å². The molecule has 0 fully saturated rings. The van der Waals surface area contributed by atoms with Gasteiger partial charge >= 0.3 is 18.0 Å². The molecule has 1 heterocycles. The molecule has 0 aliphatic rings. The molecule has 0 saturated carbocycles. The van der Waals surface area contributed by atoms with Crippen molar-refractivity contribution in [3.8, 4) is 0 Å². The van der Waals surface area contributed by atoms with Crippen molar-refractivity contribution >= 4 is 23.8 Å². The highest BCUT2D eigenvalue weighted by Crippen LogP contribution is 2.20. The molecule has 0 unspecified atom stereocenters. The van der Waals surface area contributed by atoms with Crippen molar-refractivity contribution in [3.63, 3.8) is 0 Å². The van der Waals surface area contributed by atoms with Gasteiger partial charge in [-0.3, -0.25) is 14.4 Å². The molecular weight excluding hydrogens is 500 g/mol. The number of hydrogen-bond acceptors (Lipinski definition) is 8. The summed E-state index contributed by atoms with van der Waals surface area (Å²) in [5.74, 6) is -2.34. The third-order valence-corrected chi connectivity index (χ3v) is 6.04. The molecule has 9 nitrogen and oxygen atoms in total. The number of esters is 2. The average molecular weight is 553 g/mol. The van der Waals surface area contributed by atoms with Crippen molar-refractivity contribution in [2.24, 2.45) is 11.8 Å². The Balaban J connectivity index is 0.0000144. The molecule has 0 N–H and O–H groups in total. The third kappa shape index (κ3) is 15.5. The molecule has 224 valence electrons. The number of hydrogen-bond donors (Lipinski definition) is 0. The number of rotatable bonds is 18. The van der Waals surface area contributed by atoms with E-state index in [-0.39, 0.29) is 39.1 Å². The Bertz CT molecular complexity index is 873. The summed E-state index contributed by atoms with van der Waals surface area (Å²) in [6, 6.07) is 0. The van der Waals surface area contributed by atoms with E-state index in [1.54, 1.807) is 27.7 Å². The zero-order valence-corrected chi connectivity index (χ0v) is 24.3. The van der Waals surface area contributed by atoms with E-state index in [2.05, 4.69) is 18.8 Å². The molecule has 0 saturated heterocycles. The van der Waals surface area contributed by atoms with Gasteiger partial charge in [-0.15, -0.1) is 0 Å². The van der Waals surface area contributed by atoms with Crippen LogP contribution in [-0.2, 0) is 35.0 Å². The second-order valence-electron chi connectivity index (χ2n) is 10.9. The molecule has 0 aliphatic heterocycles. The third-order valence-electron chi connectivity index (χ3n) is 6.04. The van der Waals surface area contributed by atoms with Crippen molar-refractivity contribution in [2.75, 3.05) is 13.2 Å². The lowest BCUT2D eigenvalue weighted by Gasteiger charge is -2.20. The SMILES string of the molecule is C.CCCCCCOC(=O)C[C@@H](CC(=O)[C@@H](C)Cc1nccn1C(=O)OC(C)(C)C)C(=O)OCCCCCC. The van der Waals surface area contributed by atoms with Gasteiger partial charge in [0.15, 0.2) is 0 Å². The first kappa shape index (κ1) is 36.3. The Hall–Kier alpha value is -2.71. The maximum Gasteiger partial charge on any atom is 0.419 e. The number of Topliss-reactive ketones (excluding diaryl/α,β-unsaturated/α-hetero) is 1. The monoisotopic (exact) mass is 552 g/mol. The highest BCUT2D eigenvalue weighted by molar-refractivity contribution is 5.88. The predicted molar refractivity (Wildman–Crippen MR) is 151 cm³/mol. The number of ketones is 1. The molecule has 1 aromatic heterocycles. The zero-order chi connectivity index (χ0) is 28.6. The van der Waals surface area contributed by atoms with Gasteiger partial charge in [0, 0.05) is 31.2 Å². The fourth-order valence-corrected chi connectivity index (χ4v) is 3.83. The van der Waals surface area contributed by atoms with E-state index in [9.17, 15) is 19.2 Å². The largest absolute Gasteiger partial charge is 0.466 e. The maximum atomic E-state index is 13.1. The molecule has 0 bridgehead atoms. The van der Waals surface area contributed by atoms with Gasteiger partial charge in [0.25, 0.3) is 0 Å². The number of aromatic nitrogens is 2. The number of imidazole rings is 1. The van der Waals surface area contributed by atoms with Gasteiger partial charge in [-0.25, -0.2) is 14.3 Å². The predicted octanol–water partition coefficient (Wildman–Crippen LogP) is 6.69. The summed E-state index contributed by atoms with van der Waals surface area (Å²) >= 11 is 0. The van der Waals surface area contributed by atoms with Gasteiger partial charge in [-0.05, 0) is 33.6 Å². The number of unbranched alkanes of at least 4 members (excludes halogenated alkanes) is 6. The number of carbonyl (C=O) groups excluding carboxylic acids is 4. The van der Waals surface area contributed by atoms with E-state index in [1.165, 1.54) is 17.0 Å². The summed E-state index contributed by atoms with van der Waals surface area (Å²) < 4.78 is 17.4. The molecule has 0 aromatic carbocycles. The standard InChI is InChI=1S/C29H48N2O7.CH4/c1-7-9-11-13-17-36-26(33)21-23(27(34)37-18-14-12-10-8-2)20-24(32)22(3)19-25-30-15-16-31(25)28(35)38-29(4,5)6;/h15-16,22-23H,7-14,17-21H2,1-6H3;1H4/t22-,23+;/m0./s1. The quantitative estimate of drug-likeness (QED) is 0.112. The smallest absolute Gasteiger partial charge is 0.419 e. The van der Waals surface area contributed by atoms with Crippen LogP contribution in [0.25, 0.3) is 0 Å². The van der Waals surface area contributed by atoms with Gasteiger partial charge in [-0.1, -0.05) is 66.7 Å². The minimum atomic E-state index is -0.912. The topological polar surface area (TPSA) is 114 Å². The molecule has 1 aromatic rings. The van der Waals surface area contributed by atoms with Gasteiger partial charge in [-0.2, -0.15) is 0 Å². The van der Waals surface area contributed by atoms with Crippen molar-refractivity contribution < 1.29 is 33.4 Å². The molecule has 0 radical (unpaired) electrons. The van der Waals surface area contributed by atoms with Crippen molar-refractivity contribution in [3.05, 3.63) is 18.2 Å². The highest BCUT2D eigenvalue weighted by Gasteiger charge is 2.30. The summed E-state index contributed by atoms with van der Waals surface area (Å²) in [5.41, 5.74) is -0.672. The van der Waals surface area contributed by atoms with Crippen LogP contribution in [0.2, 0.25) is 0 Å². The first-order valence-electron chi connectivity index (χ1n) is 14.1. The molecule has 2 atom stereocenters. The molecular formula is C30H52N2O7. The average Bonchev–Trinajstić information content (AvgIpc) is 3.30. The van der Waals surface area contributed by atoms with Crippen LogP contribution in [0.4, 0.5) is 4.79 Å². The highest BCUT2D eigenvalue weighted by atomic mass is 16.6. The normalized spacial score (nSPS) is 12.7. The van der Waals surface area contributed by atoms with E-state index in [0.717, 1.165) is 51.4 Å². The first-order chi connectivity index (χ1) is 18.0. The van der Waals surface area contributed by atoms with Gasteiger partial charge in [0.1, 0.15) is 17.2 Å². The minimum Gasteiger partial charge on any atom is -0.466 e. The molecule has 9 heteroatoms. The van der Waals surface area contributed by atoms with Crippen LogP contribution < -0.4 is 0 Å². The summed E-state index contributed by atoms with van der Waals surface area (Å²) in [6.45, 7) is 11.8.